The lowest BCUT2D eigenvalue weighted by Gasteiger charge is -2.44. The van der Waals surface area contributed by atoms with Gasteiger partial charge in [-0.15, -0.1) is 0 Å². The SMILES string of the molecule is CCOC(=O)[C@@H]1[C@@H](c2ccc(Cl)cc2)NC(=O)N[C@@]1(O)C(F)(F)F. The molecular weight excluding hydrogens is 353 g/mol. The normalized spacial score (nSPS) is 27.2. The van der Waals surface area contributed by atoms with Gasteiger partial charge in [0, 0.05) is 5.02 Å². The zero-order chi connectivity index (χ0) is 18.1. The van der Waals surface area contributed by atoms with Gasteiger partial charge in [0.15, 0.2) is 0 Å². The first-order valence-electron chi connectivity index (χ1n) is 6.90. The largest absolute Gasteiger partial charge is 0.466 e. The van der Waals surface area contributed by atoms with E-state index in [1.807, 2.05) is 0 Å². The zero-order valence-corrected chi connectivity index (χ0v) is 13.1. The summed E-state index contributed by atoms with van der Waals surface area (Å²) in [5.74, 6) is -3.44. The van der Waals surface area contributed by atoms with Crippen LogP contribution < -0.4 is 10.6 Å². The van der Waals surface area contributed by atoms with Crippen LogP contribution in [-0.4, -0.2) is 35.6 Å². The highest BCUT2D eigenvalue weighted by molar-refractivity contribution is 6.30. The molecule has 0 spiro atoms. The summed E-state index contributed by atoms with van der Waals surface area (Å²) in [6, 6.07) is 2.75. The number of alkyl halides is 3. The number of ether oxygens (including phenoxy) is 1. The van der Waals surface area contributed by atoms with Crippen molar-refractivity contribution in [1.82, 2.24) is 10.6 Å². The number of esters is 1. The summed E-state index contributed by atoms with van der Waals surface area (Å²) in [5, 5.41) is 14.0. The molecule has 24 heavy (non-hydrogen) atoms. The number of hydrogen-bond acceptors (Lipinski definition) is 4. The Morgan fingerprint density at radius 3 is 2.46 bits per heavy atom. The number of urea groups is 1. The number of carbonyl (C=O) groups excluding carboxylic acids is 2. The molecule has 0 bridgehead atoms. The number of nitrogens with one attached hydrogen (secondary N) is 2. The quantitative estimate of drug-likeness (QED) is 0.715. The van der Waals surface area contributed by atoms with Gasteiger partial charge in [0.05, 0.1) is 12.6 Å². The first kappa shape index (κ1) is 18.3. The van der Waals surface area contributed by atoms with E-state index in [4.69, 9.17) is 11.6 Å². The summed E-state index contributed by atoms with van der Waals surface area (Å²) < 4.78 is 44.8. The fraction of sp³-hybridized carbons (Fsp3) is 0.429. The van der Waals surface area contributed by atoms with Crippen molar-refractivity contribution in [2.75, 3.05) is 6.61 Å². The minimum atomic E-state index is -5.30. The van der Waals surface area contributed by atoms with Gasteiger partial charge in [0.1, 0.15) is 5.92 Å². The number of aliphatic hydroxyl groups is 1. The lowest BCUT2D eigenvalue weighted by Crippen LogP contribution is -2.73. The second kappa shape index (κ2) is 6.48. The molecule has 0 aromatic heterocycles. The smallest absolute Gasteiger partial charge is 0.437 e. The fourth-order valence-electron chi connectivity index (χ4n) is 2.48. The maximum atomic E-state index is 13.4. The molecule has 1 aromatic carbocycles. The van der Waals surface area contributed by atoms with Crippen molar-refractivity contribution in [2.24, 2.45) is 5.92 Å². The third-order valence-electron chi connectivity index (χ3n) is 3.58. The highest BCUT2D eigenvalue weighted by Crippen LogP contribution is 2.43. The van der Waals surface area contributed by atoms with Crippen LogP contribution in [0, 0.1) is 5.92 Å². The first-order valence-corrected chi connectivity index (χ1v) is 7.28. The predicted octanol–water partition coefficient (Wildman–Crippen LogP) is 2.12. The number of hydrogen-bond donors (Lipinski definition) is 3. The third-order valence-corrected chi connectivity index (χ3v) is 3.83. The third kappa shape index (κ3) is 3.27. The van der Waals surface area contributed by atoms with E-state index in [0.29, 0.717) is 5.02 Å². The topological polar surface area (TPSA) is 87.7 Å². The minimum absolute atomic E-state index is 0.162. The Bertz CT molecular complexity index is 638. The molecule has 1 aliphatic heterocycles. The molecule has 6 nitrogen and oxygen atoms in total. The van der Waals surface area contributed by atoms with Crippen molar-refractivity contribution in [3.05, 3.63) is 34.9 Å². The molecule has 3 atom stereocenters. The van der Waals surface area contributed by atoms with Gasteiger partial charge in [-0.1, -0.05) is 23.7 Å². The van der Waals surface area contributed by atoms with Crippen LogP contribution in [0.1, 0.15) is 18.5 Å². The van der Waals surface area contributed by atoms with E-state index >= 15 is 0 Å². The molecule has 2 amide bonds. The van der Waals surface area contributed by atoms with Gasteiger partial charge in [-0.25, -0.2) is 4.79 Å². The molecule has 1 aliphatic rings. The second-order valence-electron chi connectivity index (χ2n) is 5.12. The summed E-state index contributed by atoms with van der Waals surface area (Å²) in [4.78, 5) is 23.8. The molecule has 0 saturated carbocycles. The molecule has 1 fully saturated rings. The molecule has 10 heteroatoms. The van der Waals surface area contributed by atoms with Gasteiger partial charge >= 0.3 is 18.2 Å². The Morgan fingerprint density at radius 2 is 1.96 bits per heavy atom. The predicted molar refractivity (Wildman–Crippen MR) is 77.0 cm³/mol. The van der Waals surface area contributed by atoms with Crippen molar-refractivity contribution in [2.45, 2.75) is 24.9 Å². The molecule has 2 rings (SSSR count). The minimum Gasteiger partial charge on any atom is -0.466 e. The van der Waals surface area contributed by atoms with E-state index in [-0.39, 0.29) is 12.2 Å². The van der Waals surface area contributed by atoms with E-state index < -0.39 is 35.9 Å². The monoisotopic (exact) mass is 366 g/mol. The standard InChI is InChI=1S/C14H14ClF3N2O4/c1-2-24-11(21)9-10(7-3-5-8(15)6-4-7)19-12(22)20-13(9,23)14(16,17)18/h3-6,9-10,23H,2H2,1H3,(H2,19,20,22)/t9-,10+,13-/m0/s1. The summed E-state index contributed by atoms with van der Waals surface area (Å²) in [7, 11) is 0. The zero-order valence-electron chi connectivity index (χ0n) is 12.4. The van der Waals surface area contributed by atoms with E-state index in [1.165, 1.54) is 36.5 Å². The summed E-state index contributed by atoms with van der Waals surface area (Å²) in [6.45, 7) is 1.22. The number of benzene rings is 1. The Balaban J connectivity index is 2.55. The van der Waals surface area contributed by atoms with Crippen molar-refractivity contribution in [1.29, 1.82) is 0 Å². The maximum Gasteiger partial charge on any atom is 0.437 e. The lowest BCUT2D eigenvalue weighted by molar-refractivity contribution is -0.294. The molecule has 1 aromatic rings. The van der Waals surface area contributed by atoms with E-state index in [1.54, 1.807) is 0 Å². The van der Waals surface area contributed by atoms with Gasteiger partial charge in [-0.3, -0.25) is 4.79 Å². The highest BCUT2D eigenvalue weighted by Gasteiger charge is 2.67. The number of halogens is 4. The summed E-state index contributed by atoms with van der Waals surface area (Å²) in [5.41, 5.74) is -3.61. The number of rotatable bonds is 3. The first-order chi connectivity index (χ1) is 11.1. The van der Waals surface area contributed by atoms with E-state index in [0.717, 1.165) is 0 Å². The van der Waals surface area contributed by atoms with Crippen molar-refractivity contribution in [3.8, 4) is 0 Å². The van der Waals surface area contributed by atoms with Crippen LogP contribution in [0.4, 0.5) is 18.0 Å². The van der Waals surface area contributed by atoms with Gasteiger partial charge in [0.25, 0.3) is 5.72 Å². The summed E-state index contributed by atoms with van der Waals surface area (Å²) in [6.07, 6.45) is -5.30. The van der Waals surface area contributed by atoms with Gasteiger partial charge in [-0.2, -0.15) is 13.2 Å². The molecular formula is C14H14ClF3N2O4. The molecule has 1 saturated heterocycles. The average Bonchev–Trinajstić information content (AvgIpc) is 2.46. The molecule has 0 radical (unpaired) electrons. The van der Waals surface area contributed by atoms with Crippen LogP contribution in [0.25, 0.3) is 0 Å². The van der Waals surface area contributed by atoms with Crippen molar-refractivity contribution in [3.63, 3.8) is 0 Å². The van der Waals surface area contributed by atoms with Crippen LogP contribution in [-0.2, 0) is 9.53 Å². The van der Waals surface area contributed by atoms with Gasteiger partial charge in [-0.05, 0) is 24.6 Å². The Hall–Kier alpha value is -2.00. The number of carbonyl (C=O) groups is 2. The Labute approximate surface area is 139 Å². The highest BCUT2D eigenvalue weighted by atomic mass is 35.5. The molecule has 3 N–H and O–H groups in total. The number of amides is 2. The maximum absolute atomic E-state index is 13.4. The van der Waals surface area contributed by atoms with E-state index in [2.05, 4.69) is 10.1 Å². The van der Waals surface area contributed by atoms with E-state index in [9.17, 15) is 27.9 Å². The fourth-order valence-corrected chi connectivity index (χ4v) is 2.61. The van der Waals surface area contributed by atoms with Crippen molar-refractivity contribution >= 4 is 23.6 Å². The van der Waals surface area contributed by atoms with Crippen LogP contribution in [0.3, 0.4) is 0 Å². The molecule has 0 aliphatic carbocycles. The van der Waals surface area contributed by atoms with Crippen LogP contribution in [0.2, 0.25) is 5.02 Å². The Kier molecular flexibility index (Phi) is 4.95. The summed E-state index contributed by atoms with van der Waals surface area (Å²) >= 11 is 5.74. The van der Waals surface area contributed by atoms with Gasteiger partial charge < -0.3 is 20.5 Å². The second-order valence-corrected chi connectivity index (χ2v) is 5.56. The van der Waals surface area contributed by atoms with Crippen molar-refractivity contribution < 1.29 is 32.6 Å². The Morgan fingerprint density at radius 1 is 1.38 bits per heavy atom. The van der Waals surface area contributed by atoms with Crippen LogP contribution >= 0.6 is 11.6 Å². The average molecular weight is 367 g/mol. The van der Waals surface area contributed by atoms with Gasteiger partial charge in [0.2, 0.25) is 0 Å². The molecule has 1 heterocycles. The molecule has 132 valence electrons. The molecule has 0 unspecified atom stereocenters. The lowest BCUT2D eigenvalue weighted by atomic mass is 9.82. The van der Waals surface area contributed by atoms with Crippen LogP contribution in [0.5, 0.6) is 0 Å². The van der Waals surface area contributed by atoms with Crippen LogP contribution in [0.15, 0.2) is 24.3 Å².